The number of carbonyl (C=O) groups excluding carboxylic acids is 1. The van der Waals surface area contributed by atoms with Crippen molar-refractivity contribution in [2.75, 3.05) is 20.3 Å². The minimum atomic E-state index is -0.0640. The number of methoxy groups -OCH3 is 1. The van der Waals surface area contributed by atoms with Gasteiger partial charge >= 0.3 is 0 Å². The van der Waals surface area contributed by atoms with E-state index in [1.807, 2.05) is 11.6 Å². The normalized spacial score (nSPS) is 27.4. The molecule has 1 spiro atoms. The Kier molecular flexibility index (Phi) is 4.36. The van der Waals surface area contributed by atoms with Gasteiger partial charge in [-0.1, -0.05) is 12.8 Å². The summed E-state index contributed by atoms with van der Waals surface area (Å²) in [5, 5.41) is 4.74. The van der Waals surface area contributed by atoms with Gasteiger partial charge in [-0.05, 0) is 33.1 Å². The van der Waals surface area contributed by atoms with E-state index in [0.717, 1.165) is 49.2 Å². The summed E-state index contributed by atoms with van der Waals surface area (Å²) in [6.45, 7) is 6.13. The van der Waals surface area contributed by atoms with E-state index in [2.05, 4.69) is 11.8 Å². The number of fused-ring (bicyclic) bond motifs is 1. The molecule has 6 heteroatoms. The first-order valence-electron chi connectivity index (χ1n) is 9.62. The van der Waals surface area contributed by atoms with Crippen LogP contribution in [0.3, 0.4) is 0 Å². The van der Waals surface area contributed by atoms with Gasteiger partial charge in [-0.2, -0.15) is 5.10 Å². The molecule has 4 rings (SSSR count). The zero-order chi connectivity index (χ0) is 17.6. The average Bonchev–Trinajstić information content (AvgIpc) is 3.18. The van der Waals surface area contributed by atoms with E-state index in [4.69, 9.17) is 14.6 Å². The summed E-state index contributed by atoms with van der Waals surface area (Å²) in [7, 11) is 1.68. The topological polar surface area (TPSA) is 56.6 Å². The second-order valence-corrected chi connectivity index (χ2v) is 7.86. The standard InChI is InChI=1S/C19H29N3O3/c1-13-12-15-16(14(2)25-13)20-22(10-11-24-3)17(15)18(23)21-9-8-19(21)6-4-5-7-19/h13-14H,4-12H2,1-3H3/t13-,14+/m0/s1. The van der Waals surface area contributed by atoms with Gasteiger partial charge in [0.05, 0.1) is 31.1 Å². The van der Waals surface area contributed by atoms with Gasteiger partial charge in [0.25, 0.3) is 5.91 Å². The lowest BCUT2D eigenvalue weighted by Gasteiger charge is -2.51. The fourth-order valence-corrected chi connectivity index (χ4v) is 4.91. The van der Waals surface area contributed by atoms with Crippen LogP contribution in [0.2, 0.25) is 0 Å². The molecule has 0 unspecified atom stereocenters. The zero-order valence-corrected chi connectivity index (χ0v) is 15.6. The molecule has 1 aliphatic carbocycles. The molecule has 138 valence electrons. The fraction of sp³-hybridized carbons (Fsp3) is 0.789. The first-order valence-corrected chi connectivity index (χ1v) is 9.62. The third-order valence-corrected chi connectivity index (χ3v) is 6.26. The van der Waals surface area contributed by atoms with Gasteiger partial charge in [-0.15, -0.1) is 0 Å². The van der Waals surface area contributed by atoms with Crippen LogP contribution in [0.4, 0.5) is 0 Å². The molecule has 1 aromatic heterocycles. The van der Waals surface area contributed by atoms with Gasteiger partial charge in [0.15, 0.2) is 0 Å². The number of carbonyl (C=O) groups is 1. The summed E-state index contributed by atoms with van der Waals surface area (Å²) in [5.41, 5.74) is 2.92. The molecule has 2 aliphatic heterocycles. The van der Waals surface area contributed by atoms with Crippen LogP contribution in [-0.4, -0.2) is 52.5 Å². The first-order chi connectivity index (χ1) is 12.1. The largest absolute Gasteiger partial charge is 0.383 e. The lowest BCUT2D eigenvalue weighted by Crippen LogP contribution is -2.61. The Morgan fingerprint density at radius 1 is 1.32 bits per heavy atom. The van der Waals surface area contributed by atoms with Crippen LogP contribution in [0.25, 0.3) is 0 Å². The summed E-state index contributed by atoms with van der Waals surface area (Å²) in [6.07, 6.45) is 6.76. The minimum absolute atomic E-state index is 0.0640. The molecule has 0 bridgehead atoms. The second-order valence-electron chi connectivity index (χ2n) is 7.86. The molecule has 6 nitrogen and oxygen atoms in total. The van der Waals surface area contributed by atoms with Crippen molar-refractivity contribution in [2.45, 2.75) is 76.7 Å². The Bertz CT molecular complexity index is 663. The summed E-state index contributed by atoms with van der Waals surface area (Å²) < 4.78 is 13.0. The molecule has 3 aliphatic rings. The number of likely N-dealkylation sites (tertiary alicyclic amines) is 1. The molecular formula is C19H29N3O3. The van der Waals surface area contributed by atoms with Crippen molar-refractivity contribution in [1.29, 1.82) is 0 Å². The van der Waals surface area contributed by atoms with E-state index in [9.17, 15) is 4.79 Å². The number of rotatable bonds is 4. The first kappa shape index (κ1) is 17.0. The number of amides is 1. The quantitative estimate of drug-likeness (QED) is 0.840. The third kappa shape index (κ3) is 2.70. The van der Waals surface area contributed by atoms with Crippen LogP contribution in [0.5, 0.6) is 0 Å². The SMILES string of the molecule is COCCn1nc2c(c1C(=O)N1CCC13CCCC3)C[C@H](C)O[C@@H]2C. The van der Waals surface area contributed by atoms with E-state index >= 15 is 0 Å². The van der Waals surface area contributed by atoms with Crippen molar-refractivity contribution < 1.29 is 14.3 Å². The number of hydrogen-bond acceptors (Lipinski definition) is 4. The van der Waals surface area contributed by atoms with Crippen LogP contribution >= 0.6 is 0 Å². The second kappa shape index (κ2) is 6.40. The maximum Gasteiger partial charge on any atom is 0.272 e. The Hall–Kier alpha value is -1.40. The number of aromatic nitrogens is 2. The molecule has 0 radical (unpaired) electrons. The van der Waals surface area contributed by atoms with Gasteiger partial charge in [0, 0.05) is 31.2 Å². The molecule has 0 N–H and O–H groups in total. The number of hydrogen-bond donors (Lipinski definition) is 0. The van der Waals surface area contributed by atoms with Gasteiger partial charge in [0.1, 0.15) is 5.69 Å². The maximum atomic E-state index is 13.5. The number of nitrogens with zero attached hydrogens (tertiary/aromatic N) is 3. The molecule has 25 heavy (non-hydrogen) atoms. The van der Waals surface area contributed by atoms with Gasteiger partial charge in [0.2, 0.25) is 0 Å². The minimum Gasteiger partial charge on any atom is -0.383 e. The number of ether oxygens (including phenoxy) is 2. The van der Waals surface area contributed by atoms with E-state index in [1.54, 1.807) is 7.11 Å². The van der Waals surface area contributed by atoms with Crippen molar-refractivity contribution in [3.05, 3.63) is 17.0 Å². The van der Waals surface area contributed by atoms with Gasteiger partial charge < -0.3 is 14.4 Å². The molecule has 1 saturated carbocycles. The van der Waals surface area contributed by atoms with E-state index in [-0.39, 0.29) is 23.7 Å². The van der Waals surface area contributed by atoms with E-state index in [0.29, 0.717) is 13.2 Å². The predicted octanol–water partition coefficient (Wildman–Crippen LogP) is 2.71. The van der Waals surface area contributed by atoms with Crippen molar-refractivity contribution in [2.24, 2.45) is 0 Å². The summed E-state index contributed by atoms with van der Waals surface area (Å²) >= 11 is 0. The van der Waals surface area contributed by atoms with E-state index < -0.39 is 0 Å². The summed E-state index contributed by atoms with van der Waals surface area (Å²) in [5.74, 6) is 0.166. The Morgan fingerprint density at radius 2 is 2.08 bits per heavy atom. The predicted molar refractivity (Wildman–Crippen MR) is 93.6 cm³/mol. The van der Waals surface area contributed by atoms with Crippen LogP contribution in [-0.2, 0) is 22.4 Å². The van der Waals surface area contributed by atoms with Crippen LogP contribution in [0, 0.1) is 0 Å². The lowest BCUT2D eigenvalue weighted by atomic mass is 9.82. The highest BCUT2D eigenvalue weighted by Gasteiger charge is 2.50. The monoisotopic (exact) mass is 347 g/mol. The molecule has 2 atom stereocenters. The molecule has 2 fully saturated rings. The average molecular weight is 347 g/mol. The summed E-state index contributed by atoms with van der Waals surface area (Å²) in [6, 6.07) is 0. The fourth-order valence-electron chi connectivity index (χ4n) is 4.91. The molecule has 1 amide bonds. The van der Waals surface area contributed by atoms with Crippen molar-refractivity contribution in [3.63, 3.8) is 0 Å². The Morgan fingerprint density at radius 3 is 2.72 bits per heavy atom. The highest BCUT2D eigenvalue weighted by molar-refractivity contribution is 5.95. The molecule has 1 saturated heterocycles. The van der Waals surface area contributed by atoms with Crippen molar-refractivity contribution in [1.82, 2.24) is 14.7 Å². The molecule has 1 aromatic rings. The van der Waals surface area contributed by atoms with Crippen LogP contribution in [0.1, 0.15) is 73.8 Å². The van der Waals surface area contributed by atoms with Gasteiger partial charge in [-0.25, -0.2) is 0 Å². The summed E-state index contributed by atoms with van der Waals surface area (Å²) in [4.78, 5) is 15.6. The molecular weight excluding hydrogens is 318 g/mol. The van der Waals surface area contributed by atoms with Gasteiger partial charge in [-0.3, -0.25) is 9.48 Å². The molecule has 0 aromatic carbocycles. The molecule has 3 heterocycles. The van der Waals surface area contributed by atoms with Crippen molar-refractivity contribution >= 4 is 5.91 Å². The van der Waals surface area contributed by atoms with Crippen LogP contribution in [0.15, 0.2) is 0 Å². The van der Waals surface area contributed by atoms with Crippen LogP contribution < -0.4 is 0 Å². The maximum absolute atomic E-state index is 13.5. The highest BCUT2D eigenvalue weighted by Crippen LogP contribution is 2.46. The van der Waals surface area contributed by atoms with Crippen molar-refractivity contribution in [3.8, 4) is 0 Å². The van der Waals surface area contributed by atoms with E-state index in [1.165, 1.54) is 12.8 Å². The lowest BCUT2D eigenvalue weighted by molar-refractivity contribution is -0.00815. The zero-order valence-electron chi connectivity index (χ0n) is 15.6. The smallest absolute Gasteiger partial charge is 0.272 e. The third-order valence-electron chi connectivity index (χ3n) is 6.26. The Labute approximate surface area is 149 Å². The Balaban J connectivity index is 1.70. The highest BCUT2D eigenvalue weighted by atomic mass is 16.5.